The van der Waals surface area contributed by atoms with Gasteiger partial charge in [-0.3, -0.25) is 0 Å². The first-order valence-electron chi connectivity index (χ1n) is 6.36. The van der Waals surface area contributed by atoms with Crippen LogP contribution in [-0.2, 0) is 11.2 Å². The van der Waals surface area contributed by atoms with Gasteiger partial charge in [0.2, 0.25) is 0 Å². The average molecular weight is 274 g/mol. The van der Waals surface area contributed by atoms with Gasteiger partial charge in [0.15, 0.2) is 5.76 Å². The van der Waals surface area contributed by atoms with Gasteiger partial charge in [-0.1, -0.05) is 0 Å². The van der Waals surface area contributed by atoms with E-state index in [1.165, 1.54) is 6.21 Å². The number of aliphatic imine (C=N–C) groups is 1. The van der Waals surface area contributed by atoms with Gasteiger partial charge in [0.05, 0.1) is 12.6 Å². The molecule has 1 atom stereocenters. The Morgan fingerprint density at radius 3 is 3.15 bits per heavy atom. The summed E-state index contributed by atoms with van der Waals surface area (Å²) in [6.45, 7) is 12.5. The third-order valence-electron chi connectivity index (χ3n) is 2.97. The van der Waals surface area contributed by atoms with Crippen LogP contribution in [0.25, 0.3) is 4.85 Å². The minimum Gasteiger partial charge on any atom is -0.486 e. The topological polar surface area (TPSA) is 41.7 Å². The number of allylic oxidation sites excluding steroid dienone is 2. The molecule has 0 saturated carbocycles. The van der Waals surface area contributed by atoms with Crippen molar-refractivity contribution in [1.82, 2.24) is 4.98 Å². The number of halogens is 1. The highest BCUT2D eigenvalue weighted by Gasteiger charge is 2.19. The Morgan fingerprint density at radius 1 is 1.70 bits per heavy atom. The Balaban J connectivity index is 2.11. The summed E-state index contributed by atoms with van der Waals surface area (Å²) < 4.78 is 19.7. The van der Waals surface area contributed by atoms with Crippen LogP contribution in [0.1, 0.15) is 24.6 Å². The molecule has 2 heterocycles. The molecule has 0 spiro atoms. The third kappa shape index (κ3) is 3.15. The fourth-order valence-corrected chi connectivity index (χ4v) is 2.07. The summed E-state index contributed by atoms with van der Waals surface area (Å²) in [5.41, 5.74) is 2.28. The number of hydrogen-bond acceptors (Lipinski definition) is 2. The molecule has 1 aromatic heterocycles. The molecule has 4 nitrogen and oxygen atoms in total. The van der Waals surface area contributed by atoms with Crippen molar-refractivity contribution in [1.29, 1.82) is 0 Å². The fourth-order valence-electron chi connectivity index (χ4n) is 2.07. The van der Waals surface area contributed by atoms with Crippen LogP contribution in [0.15, 0.2) is 34.9 Å². The first kappa shape index (κ1) is 14.1. The van der Waals surface area contributed by atoms with Crippen LogP contribution in [0.3, 0.4) is 0 Å². The van der Waals surface area contributed by atoms with Crippen molar-refractivity contribution >= 4 is 12.0 Å². The highest BCUT2D eigenvalue weighted by molar-refractivity contribution is 5.80. The summed E-state index contributed by atoms with van der Waals surface area (Å²) in [4.78, 5) is 10.8. The van der Waals surface area contributed by atoms with Gasteiger partial charge in [-0.2, -0.15) is 0 Å². The smallest absolute Gasteiger partial charge is 0.313 e. The van der Waals surface area contributed by atoms with E-state index in [0.717, 1.165) is 11.3 Å². The number of aryl methyl sites for hydroxylation is 1. The number of aromatic nitrogens is 1. The minimum absolute atomic E-state index is 0.143. The van der Waals surface area contributed by atoms with E-state index in [1.54, 1.807) is 6.92 Å². The first-order valence-corrected chi connectivity index (χ1v) is 6.36. The number of H-pyrrole nitrogens is 1. The molecule has 0 radical (unpaired) electrons. The lowest BCUT2D eigenvalue weighted by Crippen LogP contribution is -2.10. The fraction of sp³-hybridized carbons (Fsp3) is 0.333. The summed E-state index contributed by atoms with van der Waals surface area (Å²) in [6.07, 6.45) is 1.73. The maximum atomic E-state index is 14.2. The molecule has 0 saturated heterocycles. The van der Waals surface area contributed by atoms with Crippen molar-refractivity contribution < 1.29 is 9.13 Å². The van der Waals surface area contributed by atoms with E-state index in [2.05, 4.69) is 21.4 Å². The van der Waals surface area contributed by atoms with Crippen LogP contribution in [0.4, 0.5) is 10.2 Å². The van der Waals surface area contributed by atoms with E-state index in [4.69, 9.17) is 11.3 Å². The van der Waals surface area contributed by atoms with Gasteiger partial charge in [-0.15, -0.1) is 0 Å². The molecule has 1 N–H and O–H groups in total. The van der Waals surface area contributed by atoms with Crippen LogP contribution in [0.5, 0.6) is 0 Å². The molecular formula is C15H17FN3O+. The summed E-state index contributed by atoms with van der Waals surface area (Å²) >= 11 is 0. The number of ether oxygens (including phenoxy) is 1. The second-order valence-corrected chi connectivity index (χ2v) is 4.86. The average Bonchev–Trinajstić information content (AvgIpc) is 2.67. The molecule has 1 unspecified atom stereocenters. The Morgan fingerprint density at radius 2 is 2.45 bits per heavy atom. The lowest BCUT2D eigenvalue weighted by atomic mass is 10.2. The number of aromatic amines is 1. The second kappa shape index (κ2) is 5.74. The molecule has 0 fully saturated rings. The zero-order chi connectivity index (χ0) is 14.7. The first-order chi connectivity index (χ1) is 9.49. The zero-order valence-corrected chi connectivity index (χ0v) is 11.6. The van der Waals surface area contributed by atoms with Crippen LogP contribution < -0.4 is 0 Å². The SMILES string of the molecule is C#[N+]C(=C)CC(C)OC1=C(F)Cc2cc(C)[nH]c2N=C1. The van der Waals surface area contributed by atoms with E-state index in [0.29, 0.717) is 17.9 Å². The molecule has 0 bridgehead atoms. The number of nitrogens with one attached hydrogen (secondary N) is 1. The van der Waals surface area contributed by atoms with Crippen molar-refractivity contribution in [3.8, 4) is 6.57 Å². The Kier molecular flexibility index (Phi) is 4.04. The van der Waals surface area contributed by atoms with E-state index >= 15 is 0 Å². The predicted molar refractivity (Wildman–Crippen MR) is 78.1 cm³/mol. The quantitative estimate of drug-likeness (QED) is 0.884. The maximum absolute atomic E-state index is 14.2. The normalized spacial score (nSPS) is 15.3. The number of nitrogens with zero attached hydrogens (tertiary/aromatic N) is 2. The van der Waals surface area contributed by atoms with Crippen LogP contribution in [-0.4, -0.2) is 17.3 Å². The molecule has 20 heavy (non-hydrogen) atoms. The number of rotatable bonds is 4. The van der Waals surface area contributed by atoms with Crippen molar-refractivity contribution in [2.75, 3.05) is 0 Å². The summed E-state index contributed by atoms with van der Waals surface area (Å²) in [5.74, 6) is 0.475. The number of hydrogen-bond donors (Lipinski definition) is 1. The predicted octanol–water partition coefficient (Wildman–Crippen LogP) is 4.03. The monoisotopic (exact) mass is 274 g/mol. The van der Waals surface area contributed by atoms with Crippen LogP contribution in [0, 0.1) is 13.5 Å². The van der Waals surface area contributed by atoms with E-state index in [9.17, 15) is 4.39 Å². The van der Waals surface area contributed by atoms with E-state index in [-0.39, 0.29) is 24.1 Å². The zero-order valence-electron chi connectivity index (χ0n) is 11.6. The summed E-state index contributed by atoms with van der Waals surface area (Å²) in [6, 6.07) is 1.88. The molecule has 0 aliphatic carbocycles. The van der Waals surface area contributed by atoms with Gasteiger partial charge >= 0.3 is 5.70 Å². The second-order valence-electron chi connectivity index (χ2n) is 4.86. The van der Waals surface area contributed by atoms with Gasteiger partial charge in [-0.25, -0.2) is 9.38 Å². The molecule has 2 rings (SSSR count). The molecule has 104 valence electrons. The standard InChI is InChI=1S/C15H17FN3O/c1-9(17-4)5-11(3)20-14-8-18-15-12(7-13(14)16)6-10(2)19-15/h4,6,8,11,19H,1,5,7H2,2-3H3/q+1. The van der Waals surface area contributed by atoms with Crippen LogP contribution >= 0.6 is 0 Å². The largest absolute Gasteiger partial charge is 0.486 e. The molecule has 1 aromatic rings. The lowest BCUT2D eigenvalue weighted by Gasteiger charge is -2.12. The summed E-state index contributed by atoms with van der Waals surface area (Å²) in [5, 5.41) is 0. The Labute approximate surface area is 117 Å². The molecule has 1 aliphatic heterocycles. The van der Waals surface area contributed by atoms with Crippen molar-refractivity contribution in [3.63, 3.8) is 0 Å². The Bertz CT molecular complexity index is 634. The van der Waals surface area contributed by atoms with Gasteiger partial charge in [-0.05, 0) is 31.3 Å². The van der Waals surface area contributed by atoms with Crippen molar-refractivity contribution in [2.45, 2.75) is 32.8 Å². The third-order valence-corrected chi connectivity index (χ3v) is 2.97. The molecule has 5 heteroatoms. The molecule has 0 amide bonds. The summed E-state index contributed by atoms with van der Waals surface area (Å²) in [7, 11) is 0. The highest BCUT2D eigenvalue weighted by atomic mass is 19.1. The van der Waals surface area contributed by atoms with Gasteiger partial charge in [0.25, 0.3) is 6.57 Å². The number of fused-ring (bicyclic) bond motifs is 1. The highest BCUT2D eigenvalue weighted by Crippen LogP contribution is 2.28. The molecular weight excluding hydrogens is 257 g/mol. The van der Waals surface area contributed by atoms with Gasteiger partial charge < -0.3 is 9.72 Å². The van der Waals surface area contributed by atoms with Crippen LogP contribution in [0.2, 0.25) is 0 Å². The van der Waals surface area contributed by atoms with E-state index in [1.807, 2.05) is 13.0 Å². The van der Waals surface area contributed by atoms with Crippen molar-refractivity contribution in [2.24, 2.45) is 4.99 Å². The van der Waals surface area contributed by atoms with Gasteiger partial charge in [0.1, 0.15) is 17.7 Å². The lowest BCUT2D eigenvalue weighted by molar-refractivity contribution is 0.141. The van der Waals surface area contributed by atoms with E-state index < -0.39 is 0 Å². The molecule has 1 aliphatic rings. The Hall–Kier alpha value is -2.35. The minimum atomic E-state index is -0.339. The van der Waals surface area contributed by atoms with Gasteiger partial charge in [0, 0.05) is 17.7 Å². The molecule has 0 aromatic carbocycles. The maximum Gasteiger partial charge on any atom is 0.313 e. The van der Waals surface area contributed by atoms with Crippen molar-refractivity contribution in [3.05, 3.63) is 46.0 Å².